The van der Waals surface area contributed by atoms with Gasteiger partial charge in [-0.2, -0.15) is 13.5 Å². The zero-order valence-corrected chi connectivity index (χ0v) is 20.9. The average molecular weight is 498 g/mol. The third kappa shape index (κ3) is 5.68. The summed E-state index contributed by atoms with van der Waals surface area (Å²) in [7, 11) is -3.56. The summed E-state index contributed by atoms with van der Waals surface area (Å²) >= 11 is 0. The van der Waals surface area contributed by atoms with E-state index in [0.29, 0.717) is 18.9 Å². The van der Waals surface area contributed by atoms with E-state index < -0.39 is 10.0 Å². The normalized spacial score (nSPS) is 22.2. The second kappa shape index (κ2) is 10.6. The van der Waals surface area contributed by atoms with Crippen LogP contribution in [0.5, 0.6) is 0 Å². The molecule has 6 nitrogen and oxygen atoms in total. The molecule has 2 aliphatic rings. The molecule has 3 aromatic rings. The molecule has 3 atom stereocenters. The van der Waals surface area contributed by atoms with Crippen LogP contribution in [0.2, 0.25) is 0 Å². The molecule has 1 saturated carbocycles. The lowest BCUT2D eigenvalue weighted by molar-refractivity contribution is -0.119. The summed E-state index contributed by atoms with van der Waals surface area (Å²) < 4.78 is 28.4. The number of nitrogens with zero attached hydrogens (tertiary/aromatic N) is 1. The first kappa shape index (κ1) is 24.9. The molecule has 34 heavy (non-hydrogen) atoms. The summed E-state index contributed by atoms with van der Waals surface area (Å²) in [5.74, 6) is 0.593. The predicted molar refractivity (Wildman–Crippen MR) is 139 cm³/mol. The Bertz CT molecular complexity index is 1270. The summed E-state index contributed by atoms with van der Waals surface area (Å²) in [5.41, 5.74) is 1.93. The van der Waals surface area contributed by atoms with E-state index in [1.807, 2.05) is 36.5 Å². The van der Waals surface area contributed by atoms with Gasteiger partial charge in [-0.15, -0.1) is 0 Å². The Morgan fingerprint density at radius 2 is 2.00 bits per heavy atom. The Balaban J connectivity index is 0.00000274. The highest BCUT2D eigenvalue weighted by Crippen LogP contribution is 2.48. The quantitative estimate of drug-likeness (QED) is 0.497. The molecule has 2 heterocycles. The van der Waals surface area contributed by atoms with Crippen molar-refractivity contribution in [3.05, 3.63) is 72.1 Å². The highest BCUT2D eigenvalue weighted by atomic mass is 32.2. The second-order valence-corrected chi connectivity index (χ2v) is 11.1. The van der Waals surface area contributed by atoms with Gasteiger partial charge in [-0.3, -0.25) is 9.78 Å². The minimum absolute atomic E-state index is 0. The second-order valence-electron chi connectivity index (χ2n) is 9.29. The number of rotatable bonds is 8. The average Bonchev–Trinajstić information content (AvgIpc) is 3.65. The number of ketones is 1. The summed E-state index contributed by atoms with van der Waals surface area (Å²) in [5, 5.41) is 5.46. The van der Waals surface area contributed by atoms with E-state index in [2.05, 4.69) is 15.0 Å². The molecule has 5 rings (SSSR count). The van der Waals surface area contributed by atoms with Crippen molar-refractivity contribution in [2.24, 2.45) is 11.8 Å². The van der Waals surface area contributed by atoms with E-state index in [1.54, 1.807) is 24.4 Å². The maximum absolute atomic E-state index is 12.9. The van der Waals surface area contributed by atoms with Gasteiger partial charge in [-0.25, -0.2) is 13.1 Å². The van der Waals surface area contributed by atoms with Crippen LogP contribution in [-0.4, -0.2) is 38.8 Å². The first-order valence-corrected chi connectivity index (χ1v) is 13.1. The van der Waals surface area contributed by atoms with E-state index in [-0.39, 0.29) is 36.0 Å². The summed E-state index contributed by atoms with van der Waals surface area (Å²) in [6, 6.07) is 15.1. The highest BCUT2D eigenvalue weighted by Gasteiger charge is 2.43. The van der Waals surface area contributed by atoms with Crippen LogP contribution in [-0.2, 0) is 21.2 Å². The van der Waals surface area contributed by atoms with Crippen LogP contribution in [0.1, 0.15) is 36.3 Å². The largest absolute Gasteiger partial charge is 0.316 e. The molecule has 1 saturated heterocycles. The van der Waals surface area contributed by atoms with Crippen LogP contribution in [0.25, 0.3) is 10.8 Å². The van der Waals surface area contributed by atoms with Gasteiger partial charge in [0.05, 0.1) is 4.90 Å². The lowest BCUT2D eigenvalue weighted by atomic mass is 10.0. The molecule has 180 valence electrons. The summed E-state index contributed by atoms with van der Waals surface area (Å²) in [6.07, 6.45) is 6.87. The monoisotopic (exact) mass is 497 g/mol. The third-order valence-electron chi connectivity index (χ3n) is 6.84. The zero-order valence-electron chi connectivity index (χ0n) is 19.0. The Hall–Kier alpha value is -2.26. The molecule has 1 aliphatic heterocycles. The van der Waals surface area contributed by atoms with Crippen LogP contribution >= 0.6 is 13.5 Å². The van der Waals surface area contributed by atoms with Gasteiger partial charge in [0, 0.05) is 36.7 Å². The number of pyridine rings is 1. The van der Waals surface area contributed by atoms with Gasteiger partial charge in [-0.1, -0.05) is 30.3 Å². The van der Waals surface area contributed by atoms with Crippen LogP contribution in [0, 0.1) is 11.8 Å². The number of carbonyl (C=O) groups excluding carboxylic acids is 1. The van der Waals surface area contributed by atoms with Gasteiger partial charge >= 0.3 is 0 Å². The van der Waals surface area contributed by atoms with Crippen LogP contribution in [0.15, 0.2) is 65.8 Å². The number of hydrogen-bond donors (Lipinski definition) is 2. The van der Waals surface area contributed by atoms with Crippen LogP contribution < -0.4 is 10.0 Å². The van der Waals surface area contributed by atoms with Gasteiger partial charge < -0.3 is 5.32 Å². The van der Waals surface area contributed by atoms with Gasteiger partial charge in [0.15, 0.2) is 0 Å². The Labute approximate surface area is 208 Å². The molecule has 2 aromatic carbocycles. The number of fused-ring (bicyclic) bond motifs is 1. The van der Waals surface area contributed by atoms with Crippen molar-refractivity contribution in [2.75, 3.05) is 19.6 Å². The number of piperidine rings is 1. The fourth-order valence-electron chi connectivity index (χ4n) is 4.82. The fraction of sp³-hybridized carbons (Fsp3) is 0.385. The molecule has 8 heteroatoms. The van der Waals surface area contributed by atoms with Gasteiger partial charge in [-0.05, 0) is 78.9 Å². The number of aromatic nitrogens is 1. The molecule has 1 aliphatic carbocycles. The molecular weight excluding hydrogens is 466 g/mol. The van der Waals surface area contributed by atoms with Crippen molar-refractivity contribution in [3.8, 4) is 0 Å². The van der Waals surface area contributed by atoms with Crippen molar-refractivity contribution in [1.29, 1.82) is 0 Å². The van der Waals surface area contributed by atoms with Crippen molar-refractivity contribution >= 4 is 40.1 Å². The van der Waals surface area contributed by atoms with Crippen molar-refractivity contribution in [2.45, 2.75) is 36.5 Å². The van der Waals surface area contributed by atoms with Gasteiger partial charge in [0.25, 0.3) is 0 Å². The van der Waals surface area contributed by atoms with E-state index in [4.69, 9.17) is 0 Å². The maximum Gasteiger partial charge on any atom is 0.240 e. The van der Waals surface area contributed by atoms with Gasteiger partial charge in [0.1, 0.15) is 5.78 Å². The predicted octanol–water partition coefficient (Wildman–Crippen LogP) is 3.54. The Kier molecular flexibility index (Phi) is 7.72. The van der Waals surface area contributed by atoms with E-state index in [0.717, 1.165) is 54.3 Å². The number of hydrogen-bond acceptors (Lipinski definition) is 5. The Morgan fingerprint density at radius 3 is 2.82 bits per heavy atom. The molecular formula is C26H31N3O3S2. The third-order valence-corrected chi connectivity index (χ3v) is 8.27. The lowest BCUT2D eigenvalue weighted by Gasteiger charge is -2.22. The minimum atomic E-state index is -3.56. The molecule has 0 amide bonds. The number of Topliss-reactive ketones (excluding diaryl/α,β-unsaturated/α-hetero) is 1. The topological polar surface area (TPSA) is 88.2 Å². The highest BCUT2D eigenvalue weighted by molar-refractivity contribution is 7.89. The Morgan fingerprint density at radius 1 is 1.12 bits per heavy atom. The van der Waals surface area contributed by atoms with E-state index in [9.17, 15) is 13.2 Å². The molecule has 1 aromatic heterocycles. The van der Waals surface area contributed by atoms with Crippen LogP contribution in [0.3, 0.4) is 0 Å². The minimum Gasteiger partial charge on any atom is -0.316 e. The first-order valence-electron chi connectivity index (χ1n) is 11.7. The molecule has 0 radical (unpaired) electrons. The zero-order chi connectivity index (χ0) is 22.8. The fourth-order valence-corrected chi connectivity index (χ4v) is 5.99. The number of benzene rings is 2. The molecule has 0 spiro atoms. The lowest BCUT2D eigenvalue weighted by Crippen LogP contribution is -2.38. The van der Waals surface area contributed by atoms with E-state index in [1.165, 1.54) is 0 Å². The maximum atomic E-state index is 12.9. The number of carbonyl (C=O) groups is 1. The summed E-state index contributed by atoms with van der Waals surface area (Å²) in [6.45, 7) is 2.30. The smallest absolute Gasteiger partial charge is 0.240 e. The van der Waals surface area contributed by atoms with Crippen molar-refractivity contribution in [3.63, 3.8) is 0 Å². The van der Waals surface area contributed by atoms with Crippen molar-refractivity contribution in [1.82, 2.24) is 15.0 Å². The first-order chi connectivity index (χ1) is 16.0. The van der Waals surface area contributed by atoms with Crippen LogP contribution in [0.4, 0.5) is 0 Å². The molecule has 2 fully saturated rings. The molecule has 0 unspecified atom stereocenters. The standard InChI is InChI=1S/C26H29N3O3S.H2S/c30-26(12-18-6-7-22-17-28-10-8-20(22)11-18)25-14-24(25)21-4-1-5-23(13-21)33(31,32)29-16-19-3-2-9-27-15-19;/h1,4-8,10-11,13,17,19,24-25,27,29H,2-3,9,12,14-16H2;1H2/t19-,24-,25+;/m0./s1. The van der Waals surface area contributed by atoms with Gasteiger partial charge in [0.2, 0.25) is 10.0 Å². The number of sulfonamides is 1. The molecule has 0 bridgehead atoms. The van der Waals surface area contributed by atoms with E-state index >= 15 is 0 Å². The number of nitrogens with one attached hydrogen (secondary N) is 2. The molecule has 2 N–H and O–H groups in total. The van der Waals surface area contributed by atoms with Crippen molar-refractivity contribution < 1.29 is 13.2 Å². The SMILES string of the molecule is O=C(Cc1ccc2cnccc2c1)[C@@H]1C[C@H]1c1cccc(S(=O)(=O)NC[C@H]2CCCNC2)c1.S. The summed E-state index contributed by atoms with van der Waals surface area (Å²) in [4.78, 5) is 17.3.